The third-order valence-corrected chi connectivity index (χ3v) is 1.55. The van der Waals surface area contributed by atoms with Crippen molar-refractivity contribution >= 4 is 20.6 Å². The number of rotatable bonds is 1. The second-order valence-corrected chi connectivity index (χ2v) is 2.36. The molecule has 1 saturated carbocycles. The molecule has 0 aliphatic heterocycles. The Morgan fingerprint density at radius 3 is 2.17 bits per heavy atom. The first-order valence-electron chi connectivity index (χ1n) is 2.00. The second-order valence-electron chi connectivity index (χ2n) is 1.58. The maximum atomic E-state index is 10.1. The zero-order valence-corrected chi connectivity index (χ0v) is 4.86. The van der Waals surface area contributed by atoms with E-state index >= 15 is 0 Å². The van der Waals surface area contributed by atoms with Crippen molar-refractivity contribution < 1.29 is 4.79 Å². The third-order valence-electron chi connectivity index (χ3n) is 0.898. The average molecular weight is 149 g/mol. The lowest BCUT2D eigenvalue weighted by Gasteiger charge is -1.72. The van der Waals surface area contributed by atoms with Crippen LogP contribution in [0.2, 0.25) is 0 Å². The third kappa shape index (κ3) is 0.805. The fourth-order valence-corrected chi connectivity index (χ4v) is 0.768. The summed E-state index contributed by atoms with van der Waals surface area (Å²) in [6, 6.07) is 0. The zero-order valence-electron chi connectivity index (χ0n) is 3.28. The van der Waals surface area contributed by atoms with E-state index in [1.165, 1.54) is 0 Å². The van der Waals surface area contributed by atoms with Crippen molar-refractivity contribution in [3.05, 3.63) is 0 Å². The smallest absolute Gasteiger partial charge is 0.200 e. The van der Waals surface area contributed by atoms with Crippen molar-refractivity contribution in [1.29, 1.82) is 0 Å². The molecule has 34 valence electrons. The summed E-state index contributed by atoms with van der Waals surface area (Å²) in [6.07, 6.45) is 2.20. The highest BCUT2D eigenvalue weighted by Crippen LogP contribution is 2.31. The molecule has 0 radical (unpaired) electrons. The molecule has 2 heteroatoms. The van der Waals surface area contributed by atoms with Crippen LogP contribution in [0.1, 0.15) is 12.8 Å². The van der Waals surface area contributed by atoms with Crippen LogP contribution in [0.3, 0.4) is 0 Å². The van der Waals surface area contributed by atoms with Crippen molar-refractivity contribution in [1.82, 2.24) is 0 Å². The van der Waals surface area contributed by atoms with Gasteiger partial charge in [0, 0.05) is 5.92 Å². The standard InChI is InChI=1S/C4H5BrO/c5-4(6)3-1-2-3/h3H,1-2H2. The van der Waals surface area contributed by atoms with E-state index in [4.69, 9.17) is 0 Å². The van der Waals surface area contributed by atoms with Gasteiger partial charge in [0.05, 0.1) is 0 Å². The monoisotopic (exact) mass is 148 g/mol. The molecule has 0 aromatic heterocycles. The molecule has 6 heavy (non-hydrogen) atoms. The Labute approximate surface area is 44.9 Å². The summed E-state index contributed by atoms with van der Waals surface area (Å²) >= 11 is 2.86. The Morgan fingerprint density at radius 1 is 1.67 bits per heavy atom. The molecular formula is C4H5BrO. The molecule has 1 fully saturated rings. The topological polar surface area (TPSA) is 17.1 Å². The van der Waals surface area contributed by atoms with Crippen LogP contribution >= 0.6 is 15.9 Å². The van der Waals surface area contributed by atoms with E-state index in [9.17, 15) is 4.79 Å². The first-order chi connectivity index (χ1) is 2.80. The van der Waals surface area contributed by atoms with E-state index in [0.717, 1.165) is 12.8 Å². The Morgan fingerprint density at radius 2 is 2.17 bits per heavy atom. The van der Waals surface area contributed by atoms with Gasteiger partial charge in [-0.05, 0) is 28.8 Å². The summed E-state index contributed by atoms with van der Waals surface area (Å²) < 4.78 is 0.183. The minimum Gasteiger partial charge on any atom is -0.286 e. The molecule has 1 nitrogen and oxygen atoms in total. The van der Waals surface area contributed by atoms with Gasteiger partial charge in [0.1, 0.15) is 0 Å². The van der Waals surface area contributed by atoms with Crippen molar-refractivity contribution in [2.75, 3.05) is 0 Å². The quantitative estimate of drug-likeness (QED) is 0.513. The number of halogens is 1. The van der Waals surface area contributed by atoms with E-state index in [1.54, 1.807) is 0 Å². The van der Waals surface area contributed by atoms with Crippen LogP contribution in [-0.2, 0) is 4.79 Å². The van der Waals surface area contributed by atoms with Gasteiger partial charge >= 0.3 is 0 Å². The van der Waals surface area contributed by atoms with Gasteiger partial charge < -0.3 is 0 Å². The van der Waals surface area contributed by atoms with Crippen LogP contribution in [0.25, 0.3) is 0 Å². The number of carbonyl (C=O) groups excluding carboxylic acids is 1. The van der Waals surface area contributed by atoms with Crippen LogP contribution in [-0.4, -0.2) is 4.69 Å². The molecule has 0 atom stereocenters. The maximum Gasteiger partial charge on any atom is 0.200 e. The number of carbonyl (C=O) groups is 1. The highest BCUT2D eigenvalue weighted by Gasteiger charge is 2.26. The first-order valence-corrected chi connectivity index (χ1v) is 2.79. The van der Waals surface area contributed by atoms with Gasteiger partial charge in [0.25, 0.3) is 0 Å². The summed E-state index contributed by atoms with van der Waals surface area (Å²) in [5.41, 5.74) is 0. The van der Waals surface area contributed by atoms with Crippen molar-refractivity contribution in [3.63, 3.8) is 0 Å². The lowest BCUT2D eigenvalue weighted by Crippen LogP contribution is -1.82. The van der Waals surface area contributed by atoms with Crippen LogP contribution in [0, 0.1) is 5.92 Å². The Hall–Kier alpha value is 0.150. The van der Waals surface area contributed by atoms with Gasteiger partial charge in [0.15, 0.2) is 0 Å². The second kappa shape index (κ2) is 1.34. The molecule has 0 bridgehead atoms. The molecule has 0 spiro atoms. The van der Waals surface area contributed by atoms with Crippen molar-refractivity contribution in [3.8, 4) is 0 Å². The van der Waals surface area contributed by atoms with Gasteiger partial charge in [0.2, 0.25) is 4.69 Å². The van der Waals surface area contributed by atoms with Crippen LogP contribution in [0.4, 0.5) is 0 Å². The average Bonchev–Trinajstić information content (AvgIpc) is 2.06. The molecule has 0 unspecified atom stereocenters. The van der Waals surface area contributed by atoms with Crippen molar-refractivity contribution in [2.45, 2.75) is 12.8 Å². The first kappa shape index (κ1) is 4.31. The highest BCUT2D eigenvalue weighted by atomic mass is 79.9. The minimum absolute atomic E-state index is 0.183. The van der Waals surface area contributed by atoms with Gasteiger partial charge in [-0.3, -0.25) is 4.79 Å². The molecule has 0 saturated heterocycles. The Kier molecular flexibility index (Phi) is 0.960. The van der Waals surface area contributed by atoms with Gasteiger partial charge in [-0.15, -0.1) is 0 Å². The predicted octanol–water partition coefficient (Wildman–Crippen LogP) is 1.32. The molecule has 0 aromatic rings. The van der Waals surface area contributed by atoms with E-state index < -0.39 is 0 Å². The van der Waals surface area contributed by atoms with Gasteiger partial charge in [-0.2, -0.15) is 0 Å². The fourth-order valence-electron chi connectivity index (χ4n) is 0.310. The number of hydrogen-bond donors (Lipinski definition) is 0. The molecule has 1 aliphatic carbocycles. The zero-order chi connectivity index (χ0) is 4.57. The lowest BCUT2D eigenvalue weighted by molar-refractivity contribution is -0.111. The van der Waals surface area contributed by atoms with Gasteiger partial charge in [-0.25, -0.2) is 0 Å². The Balaban J connectivity index is 2.31. The van der Waals surface area contributed by atoms with Crippen LogP contribution < -0.4 is 0 Å². The molecule has 0 heterocycles. The van der Waals surface area contributed by atoms with E-state index in [2.05, 4.69) is 15.9 Å². The SMILES string of the molecule is O=C(Br)C1CC1. The summed E-state index contributed by atoms with van der Waals surface area (Å²) in [6.45, 7) is 0. The fraction of sp³-hybridized carbons (Fsp3) is 0.750. The molecule has 0 aromatic carbocycles. The summed E-state index contributed by atoms with van der Waals surface area (Å²) in [5, 5.41) is 0. The largest absolute Gasteiger partial charge is 0.286 e. The number of hydrogen-bond acceptors (Lipinski definition) is 1. The molecule has 1 aliphatic rings. The van der Waals surface area contributed by atoms with E-state index in [1.807, 2.05) is 0 Å². The highest BCUT2D eigenvalue weighted by molar-refractivity contribution is 9.18. The molecule has 0 amide bonds. The Bertz CT molecular complexity index is 75.6. The molecule has 0 N–H and O–H groups in total. The minimum atomic E-state index is 0.183. The summed E-state index contributed by atoms with van der Waals surface area (Å²) in [7, 11) is 0. The van der Waals surface area contributed by atoms with E-state index in [-0.39, 0.29) is 4.69 Å². The predicted molar refractivity (Wildman–Crippen MR) is 26.7 cm³/mol. The van der Waals surface area contributed by atoms with E-state index in [0.29, 0.717) is 5.92 Å². The summed E-state index contributed by atoms with van der Waals surface area (Å²) in [4.78, 5) is 10.1. The van der Waals surface area contributed by atoms with Crippen LogP contribution in [0.5, 0.6) is 0 Å². The van der Waals surface area contributed by atoms with Crippen molar-refractivity contribution in [2.24, 2.45) is 5.92 Å². The summed E-state index contributed by atoms with van der Waals surface area (Å²) in [5.74, 6) is 0.380. The van der Waals surface area contributed by atoms with Gasteiger partial charge in [-0.1, -0.05) is 0 Å². The lowest BCUT2D eigenvalue weighted by atomic mass is 10.5. The maximum absolute atomic E-state index is 10.1. The molecule has 1 rings (SSSR count). The normalized spacial score (nSPS) is 20.8. The van der Waals surface area contributed by atoms with Crippen LogP contribution in [0.15, 0.2) is 0 Å². The molecular weight excluding hydrogens is 144 g/mol.